The summed E-state index contributed by atoms with van der Waals surface area (Å²) in [5, 5.41) is 19.7. The molecule has 4 heteroatoms. The number of hydrogen-bond acceptors (Lipinski definition) is 2. The molecule has 3 saturated carbocycles. The van der Waals surface area contributed by atoms with Crippen LogP contribution in [0.25, 0.3) is 0 Å². The third-order valence-corrected chi connectivity index (χ3v) is 9.70. The second-order valence-electron chi connectivity index (χ2n) is 11.1. The fourth-order valence-corrected chi connectivity index (χ4v) is 8.06. The Labute approximate surface area is 192 Å². The third kappa shape index (κ3) is 4.59. The summed E-state index contributed by atoms with van der Waals surface area (Å²) in [5.41, 5.74) is 2.53. The van der Waals surface area contributed by atoms with Crippen molar-refractivity contribution in [2.45, 2.75) is 110 Å². The monoisotopic (exact) mass is 576 g/mol. The van der Waals surface area contributed by atoms with Crippen molar-refractivity contribution < 1.29 is 36.8 Å². The first-order chi connectivity index (χ1) is 12.8. The van der Waals surface area contributed by atoms with E-state index in [9.17, 15) is 10.2 Å². The van der Waals surface area contributed by atoms with E-state index in [0.29, 0.717) is 10.8 Å². The fourth-order valence-electron chi connectivity index (χ4n) is 8.06. The predicted molar refractivity (Wildman–Crippen MR) is 115 cm³/mol. The Morgan fingerprint density at radius 3 is 2.55 bits per heavy atom. The van der Waals surface area contributed by atoms with E-state index in [0.717, 1.165) is 42.9 Å². The summed E-state index contributed by atoms with van der Waals surface area (Å²) in [4.78, 5) is 0. The Morgan fingerprint density at radius 1 is 1.07 bits per heavy atom. The third-order valence-electron chi connectivity index (χ3n) is 9.70. The maximum absolute atomic E-state index is 10.2. The van der Waals surface area contributed by atoms with E-state index in [1.54, 1.807) is 5.57 Å². The van der Waals surface area contributed by atoms with Crippen molar-refractivity contribution in [2.75, 3.05) is 0 Å². The van der Waals surface area contributed by atoms with Gasteiger partial charge in [0.05, 0.1) is 12.2 Å². The zero-order chi connectivity index (χ0) is 19.2. The minimum Gasteiger partial charge on any atom is -0.412 e. The van der Waals surface area contributed by atoms with Crippen LogP contribution in [0.1, 0.15) is 97.8 Å². The quantitative estimate of drug-likeness (QED) is 0.356. The average Bonchev–Trinajstić information content (AvgIpc) is 2.96. The number of unbranched alkanes of at least 4 members (excludes halogenated alkanes) is 1. The summed E-state index contributed by atoms with van der Waals surface area (Å²) in [7, 11) is 0. The number of aliphatic hydroxyl groups is 2. The molecule has 0 aliphatic heterocycles. The second-order valence-corrected chi connectivity index (χ2v) is 11.1. The summed E-state index contributed by atoms with van der Waals surface area (Å²) < 4.78 is 0. The van der Waals surface area contributed by atoms with Gasteiger partial charge in [-0.25, -0.2) is 0 Å². The van der Waals surface area contributed by atoms with Crippen LogP contribution in [0.2, 0.25) is 0 Å². The number of aliphatic hydroxyl groups excluding tert-OH is 2. The van der Waals surface area contributed by atoms with Gasteiger partial charge < -0.3 is 15.7 Å². The topological polar surface area (TPSA) is 72.0 Å². The molecule has 3 nitrogen and oxygen atoms in total. The normalized spacial score (nSPS) is 44.3. The Morgan fingerprint density at radius 2 is 1.83 bits per heavy atom. The van der Waals surface area contributed by atoms with Crippen LogP contribution in [-0.2, 0) is 21.1 Å². The van der Waals surface area contributed by atoms with Crippen LogP contribution >= 0.6 is 0 Å². The maximum atomic E-state index is 10.2. The summed E-state index contributed by atoms with van der Waals surface area (Å²) in [6.07, 6.45) is 17.3. The first kappa shape index (κ1) is 25.6. The Kier molecular flexibility index (Phi) is 8.68. The molecule has 0 aromatic carbocycles. The molecule has 0 aromatic heterocycles. The van der Waals surface area contributed by atoms with Gasteiger partial charge in [0.15, 0.2) is 0 Å². The standard InChI is InChI=1S/C25H42O2.H2O.W/c1-17(26)6-4-5-7-18-9-11-22-21-10-8-19-16-20(27)12-14-25(19,3)23(21)13-15-24(18,22)2;;/h8,17-18,20-23,26-27H,4-7,9-16H2,1-3H3;1H2;. The van der Waals surface area contributed by atoms with Crippen LogP contribution in [0.4, 0.5) is 0 Å². The van der Waals surface area contributed by atoms with Crippen LogP contribution in [0.5, 0.6) is 0 Å². The van der Waals surface area contributed by atoms with Gasteiger partial charge >= 0.3 is 0 Å². The SMILES string of the molecule is CC(O)CCCCC1CCC2C3CC=C4CC(O)CCC4(C)C3CCC12C.O.[W]. The van der Waals surface area contributed by atoms with Gasteiger partial charge in [-0.15, -0.1) is 0 Å². The van der Waals surface area contributed by atoms with Crippen molar-refractivity contribution in [1.29, 1.82) is 0 Å². The number of hydrogen-bond donors (Lipinski definition) is 2. The molecule has 0 heterocycles. The molecule has 8 unspecified atom stereocenters. The van der Waals surface area contributed by atoms with E-state index in [2.05, 4.69) is 19.9 Å². The van der Waals surface area contributed by atoms with E-state index in [1.807, 2.05) is 6.92 Å². The average molecular weight is 576 g/mol. The smallest absolute Gasteiger partial charge is 0.0577 e. The molecule has 0 amide bonds. The predicted octanol–water partition coefficient (Wildman–Crippen LogP) is 5.04. The van der Waals surface area contributed by atoms with Gasteiger partial charge in [-0.2, -0.15) is 0 Å². The zero-order valence-corrected chi connectivity index (χ0v) is 21.8. The first-order valence-corrected chi connectivity index (χ1v) is 11.9. The van der Waals surface area contributed by atoms with Gasteiger partial charge in [-0.1, -0.05) is 38.3 Å². The number of fused-ring (bicyclic) bond motifs is 5. The van der Waals surface area contributed by atoms with Crippen LogP contribution in [0.15, 0.2) is 11.6 Å². The molecule has 4 aliphatic rings. The molecule has 0 radical (unpaired) electrons. The van der Waals surface area contributed by atoms with Crippen LogP contribution < -0.4 is 0 Å². The molecule has 3 fully saturated rings. The maximum Gasteiger partial charge on any atom is 0.0577 e. The molecule has 4 N–H and O–H groups in total. The van der Waals surface area contributed by atoms with Crippen molar-refractivity contribution in [2.24, 2.45) is 34.5 Å². The van der Waals surface area contributed by atoms with E-state index in [4.69, 9.17) is 0 Å². The Balaban J connectivity index is 0.00000150. The summed E-state index contributed by atoms with van der Waals surface area (Å²) in [5.74, 6) is 3.57. The van der Waals surface area contributed by atoms with Crippen LogP contribution in [-0.4, -0.2) is 27.9 Å². The summed E-state index contributed by atoms with van der Waals surface area (Å²) in [6.45, 7) is 7.09. The molecule has 168 valence electrons. The summed E-state index contributed by atoms with van der Waals surface area (Å²) in [6, 6.07) is 0. The van der Waals surface area contributed by atoms with E-state index in [-0.39, 0.29) is 38.7 Å². The van der Waals surface area contributed by atoms with E-state index >= 15 is 0 Å². The van der Waals surface area contributed by atoms with E-state index < -0.39 is 0 Å². The molecular weight excluding hydrogens is 532 g/mol. The van der Waals surface area contributed by atoms with Crippen molar-refractivity contribution in [3.05, 3.63) is 11.6 Å². The molecule has 0 spiro atoms. The van der Waals surface area contributed by atoms with Crippen LogP contribution in [0, 0.1) is 34.5 Å². The Hall–Kier alpha value is 0.308. The van der Waals surface area contributed by atoms with Gasteiger partial charge in [0.1, 0.15) is 0 Å². The van der Waals surface area contributed by atoms with Gasteiger partial charge in [-0.05, 0) is 106 Å². The molecule has 0 aromatic rings. The van der Waals surface area contributed by atoms with Crippen molar-refractivity contribution in [3.8, 4) is 0 Å². The zero-order valence-electron chi connectivity index (χ0n) is 18.8. The number of allylic oxidation sites excluding steroid dienone is 1. The minimum absolute atomic E-state index is 0. The van der Waals surface area contributed by atoms with Crippen molar-refractivity contribution in [1.82, 2.24) is 0 Å². The largest absolute Gasteiger partial charge is 0.412 e. The van der Waals surface area contributed by atoms with Gasteiger partial charge in [0.2, 0.25) is 0 Å². The molecule has 0 bridgehead atoms. The van der Waals surface area contributed by atoms with Crippen molar-refractivity contribution >= 4 is 0 Å². The molecule has 8 atom stereocenters. The second kappa shape index (κ2) is 9.84. The van der Waals surface area contributed by atoms with Crippen LogP contribution in [0.3, 0.4) is 0 Å². The number of rotatable bonds is 5. The minimum atomic E-state index is -0.134. The molecule has 4 rings (SSSR count). The van der Waals surface area contributed by atoms with E-state index in [1.165, 1.54) is 57.8 Å². The molecule has 29 heavy (non-hydrogen) atoms. The molecule has 4 aliphatic carbocycles. The Bertz CT molecular complexity index is 576. The fraction of sp³-hybridized carbons (Fsp3) is 0.920. The van der Waals surface area contributed by atoms with Gasteiger partial charge in [0, 0.05) is 21.1 Å². The van der Waals surface area contributed by atoms with Crippen molar-refractivity contribution in [3.63, 3.8) is 0 Å². The molecular formula is C25H44O3W. The molecule has 0 saturated heterocycles. The first-order valence-electron chi connectivity index (χ1n) is 11.9. The van der Waals surface area contributed by atoms with Gasteiger partial charge in [0.25, 0.3) is 0 Å². The summed E-state index contributed by atoms with van der Waals surface area (Å²) >= 11 is 0. The van der Waals surface area contributed by atoms with Gasteiger partial charge in [-0.3, -0.25) is 0 Å².